The normalized spacial score (nSPS) is 14.6. The van der Waals surface area contributed by atoms with Gasteiger partial charge in [0.1, 0.15) is 43.1 Å². The van der Waals surface area contributed by atoms with Gasteiger partial charge in [-0.05, 0) is 207 Å². The molecule has 3 aliphatic rings. The van der Waals surface area contributed by atoms with Crippen LogP contribution in [0, 0.1) is 30.0 Å². The number of aromatic carboxylic acids is 2. The first-order chi connectivity index (χ1) is 70.4. The van der Waals surface area contributed by atoms with Crippen molar-refractivity contribution in [3.63, 3.8) is 0 Å². The van der Waals surface area contributed by atoms with Crippen molar-refractivity contribution in [1.29, 1.82) is 5.41 Å². The predicted molar refractivity (Wildman–Crippen MR) is 533 cm³/mol. The maximum atomic E-state index is 14.7. The maximum absolute atomic E-state index is 14.7. The minimum absolute atomic E-state index is 0.0000174. The Labute approximate surface area is 857 Å². The Balaban J connectivity index is 0.000000178. The molecule has 0 radical (unpaired) electrons. The highest BCUT2D eigenvalue weighted by Gasteiger charge is 2.45. The third kappa shape index (κ3) is 31.9. The van der Waals surface area contributed by atoms with E-state index in [1.807, 2.05) is 115 Å². The smallest absolute Gasteiger partial charge is 0.439 e. The number of amides is 5. The first kappa shape index (κ1) is 110. The summed E-state index contributed by atoms with van der Waals surface area (Å²) in [6, 6.07) is 71.2. The highest BCUT2D eigenvalue weighted by molar-refractivity contribution is 14.1. The number of esters is 5. The number of aliphatic hydroxyl groups excluding tert-OH is 1. The number of aromatic amines is 2. The van der Waals surface area contributed by atoms with Crippen LogP contribution in [0.25, 0.3) is 22.8 Å². The van der Waals surface area contributed by atoms with E-state index in [-0.39, 0.29) is 121 Å². The van der Waals surface area contributed by atoms with Crippen LogP contribution in [0.1, 0.15) is 87.9 Å². The van der Waals surface area contributed by atoms with Gasteiger partial charge in [0.15, 0.2) is 36.1 Å². The summed E-state index contributed by atoms with van der Waals surface area (Å²) in [5, 5.41) is 56.1. The Hall–Kier alpha value is -17.2. The number of anilines is 6. The monoisotopic (exact) mass is 2240 g/mol. The number of aromatic nitrogens is 4. The number of carbonyl (C=O) groups excluding carboxylic acids is 10. The number of nitrogen functional groups attached to an aromatic ring is 2. The zero-order valence-corrected chi connectivity index (χ0v) is 81.3. The number of hydrogen-bond donors (Lipinski definition) is 11. The first-order valence-corrected chi connectivity index (χ1v) is 45.7. The lowest BCUT2D eigenvalue weighted by molar-refractivity contribution is -0.177. The number of aliphatic carboxylic acids is 1. The van der Waals surface area contributed by atoms with E-state index in [4.69, 9.17) is 65.0 Å². The van der Waals surface area contributed by atoms with Crippen LogP contribution in [0.4, 0.5) is 47.3 Å². The summed E-state index contributed by atoms with van der Waals surface area (Å²) in [5.41, 5.74) is 15.7. The van der Waals surface area contributed by atoms with Gasteiger partial charge in [-0.25, -0.2) is 51.5 Å². The number of carboxylic acid groups (broad SMARTS) is 3. The summed E-state index contributed by atoms with van der Waals surface area (Å²) < 4.78 is 94.5. The number of nitrogens with one attached hydrogen (secondary N) is 5. The summed E-state index contributed by atoms with van der Waals surface area (Å²) in [7, 11) is 0. The summed E-state index contributed by atoms with van der Waals surface area (Å²) in [5.74, 6) is -15.2. The minimum atomic E-state index is -1.91. The first-order valence-electron chi connectivity index (χ1n) is 43.6. The van der Waals surface area contributed by atoms with Crippen LogP contribution in [0.2, 0.25) is 0 Å². The minimum Gasteiger partial charge on any atom is -0.478 e. The van der Waals surface area contributed by atoms with E-state index in [9.17, 15) is 95.3 Å². The molecule has 147 heavy (non-hydrogen) atoms. The van der Waals surface area contributed by atoms with Gasteiger partial charge in [0.05, 0.1) is 64.3 Å². The Morgan fingerprint density at radius 3 is 1.18 bits per heavy atom. The van der Waals surface area contributed by atoms with E-state index >= 15 is 0 Å². The Morgan fingerprint density at radius 2 is 0.796 bits per heavy atom. The van der Waals surface area contributed by atoms with Crippen LogP contribution in [-0.2, 0) is 96.1 Å². The van der Waals surface area contributed by atoms with Crippen molar-refractivity contribution in [3.8, 4) is 22.8 Å². The van der Waals surface area contributed by atoms with Crippen molar-refractivity contribution in [2.75, 3.05) is 70.5 Å². The fourth-order valence-corrected chi connectivity index (χ4v) is 14.8. The van der Waals surface area contributed by atoms with Gasteiger partial charge >= 0.3 is 59.3 Å². The Bertz CT molecular complexity index is 7100. The van der Waals surface area contributed by atoms with E-state index in [2.05, 4.69) is 85.1 Å². The molecule has 0 spiro atoms. The Morgan fingerprint density at radius 1 is 0.442 bits per heavy atom. The third-order valence-corrected chi connectivity index (χ3v) is 22.0. The molecule has 2 aromatic heterocycles. The van der Waals surface area contributed by atoms with Gasteiger partial charge < -0.3 is 95.1 Å². The summed E-state index contributed by atoms with van der Waals surface area (Å²) in [6.07, 6.45) is -10.0. The van der Waals surface area contributed by atoms with Crippen LogP contribution in [0.3, 0.4) is 0 Å². The topological polar surface area (TPSA) is 604 Å². The number of rotatable bonds is 27. The number of benzene rings is 11. The number of ether oxygens (including phenoxy) is 8. The van der Waals surface area contributed by atoms with Crippen LogP contribution >= 0.6 is 45.2 Å². The van der Waals surface area contributed by atoms with Gasteiger partial charge in [-0.15, -0.1) is 0 Å². The van der Waals surface area contributed by atoms with Crippen molar-refractivity contribution in [2.24, 2.45) is 5.73 Å². The summed E-state index contributed by atoms with van der Waals surface area (Å²) >= 11 is 4.25. The van der Waals surface area contributed by atoms with Crippen molar-refractivity contribution in [1.82, 2.24) is 20.3 Å². The molecule has 0 saturated carbocycles. The highest BCUT2D eigenvalue weighted by atomic mass is 127. The van der Waals surface area contributed by atoms with Crippen LogP contribution < -0.4 is 48.3 Å². The summed E-state index contributed by atoms with van der Waals surface area (Å²) in [4.78, 5) is 188. The van der Waals surface area contributed by atoms with Gasteiger partial charge in [-0.1, -0.05) is 132 Å². The van der Waals surface area contributed by atoms with Gasteiger partial charge in [0, 0.05) is 74.7 Å². The van der Waals surface area contributed by atoms with Crippen LogP contribution in [0.15, 0.2) is 286 Å². The molecule has 16 rings (SSSR count). The fourth-order valence-electron chi connectivity index (χ4n) is 13.7. The number of nitrogens with two attached hydrogens (primary N) is 2. The molecule has 0 unspecified atom stereocenters. The molecule has 3 aliphatic heterocycles. The van der Waals surface area contributed by atoms with Crippen molar-refractivity contribution in [3.05, 3.63) is 363 Å². The number of hydrogen-bond acceptors (Lipinski definition) is 30. The maximum Gasteiger partial charge on any atom is 0.439 e. The quantitative estimate of drug-likeness (QED) is 0.00569. The molecular weight excluding hydrogens is 2160 g/mol. The van der Waals surface area contributed by atoms with E-state index in [0.717, 1.165) is 55.9 Å². The van der Waals surface area contributed by atoms with Gasteiger partial charge in [0.25, 0.3) is 29.5 Å². The number of nitrogens with zero attached hydrogens (tertiary/aromatic N) is 5. The van der Waals surface area contributed by atoms with E-state index < -0.39 is 143 Å². The number of morpholine rings is 3. The largest absolute Gasteiger partial charge is 0.478 e. The SMILES string of the molecule is CC(=O)O[C@@H](C(=O)Nc1ccc(-c2noc(=O)[nH]2)c(F)c1)[C@H]1OCCN(c2cccc(C(=O)OCc3ccccc3)c2)C1=O.CC(=O)O[C@@H](C(=O)O)[C@H]1OCCN(c2cccc(C(=O)OCc3ccccc3)c2)C1=O.N=C(N)c1ccc(NC(=O)[C@H](O)[C@H]2OCCN(c3cccc(C(=O)O)c3)C2=O)cc1F.Nc1ccc(-c2noc(=O)[nH]2)c(F)c1.O=C(O)c1cccc(I)c1.O=C(OCc1ccccc1)c1cccc(I)c1. The molecule has 3 fully saturated rings. The molecule has 13 aromatic rings. The molecule has 5 heterocycles. The molecule has 46 heteroatoms. The lowest BCUT2D eigenvalue weighted by Gasteiger charge is -2.35. The average molecular weight is 2240 g/mol. The van der Waals surface area contributed by atoms with Gasteiger partial charge in [-0.3, -0.25) is 58.0 Å². The lowest BCUT2D eigenvalue weighted by atomic mass is 10.1. The molecule has 0 bridgehead atoms. The molecule has 3 saturated heterocycles. The Kier molecular flexibility index (Phi) is 39.9. The lowest BCUT2D eigenvalue weighted by Crippen LogP contribution is -2.56. The molecule has 760 valence electrons. The van der Waals surface area contributed by atoms with Crippen molar-refractivity contribution < 1.29 is 143 Å². The number of aliphatic hydroxyl groups is 1. The number of carboxylic acids is 3. The van der Waals surface area contributed by atoms with Crippen LogP contribution in [0.5, 0.6) is 0 Å². The summed E-state index contributed by atoms with van der Waals surface area (Å²) in [6.45, 7) is 2.92. The van der Waals surface area contributed by atoms with Crippen molar-refractivity contribution in [2.45, 2.75) is 70.3 Å². The molecule has 13 N–H and O–H groups in total. The number of H-pyrrole nitrogens is 2. The highest BCUT2D eigenvalue weighted by Crippen LogP contribution is 2.31. The third-order valence-electron chi connectivity index (χ3n) is 20.7. The second kappa shape index (κ2) is 53.2. The van der Waals surface area contributed by atoms with E-state index in [1.54, 1.807) is 60.7 Å². The van der Waals surface area contributed by atoms with E-state index in [1.165, 1.54) is 87.5 Å². The molecule has 6 atom stereocenters. The number of amidine groups is 1. The van der Waals surface area contributed by atoms with Crippen LogP contribution in [-0.4, -0.2) is 200 Å². The standard InChI is InChI=1S/C30H25FN4O9.C22H21NO8.C20H19FN4O6.C14H11IO2.C8H6FN3O2.C7H5IO2/c1-17(36)43-24(27(37)32-20-10-11-22(23(31)15-20)26-33-30(40)44-34-26)25-28(38)35(12-13-41-25)21-9-5-8-19(14-21)29(39)42-16-18-6-3-2-4-7-18;1-14(24)31-19(21(26)27)18-20(25)23(10-11-29-18)17-9-5-8-16(12-17)22(28)30-13-15-6-3-2-4-7-15;21-14-9-11(4-5-13(14)17(22)23)24-18(27)15(26)16-19(28)25(6-7-31-16)12-3-1-2-10(8-12)20(29)30;15-13-8-4-7-12(9-13)14(16)17-10-11-5-2-1-3-6-11;9-6-3-4(10)1-2-5(6)7-11-8(13)14-12-7;8-6-3-1-2-5(4-6)7(9)10/h2-11,14-15,24-25H,12-13,16H2,1H3,(H,32,37)(H,33,34,40);2-9,12,18-19H,10-11,13H2,1H3,(H,26,27);1-5,8-9,15-16,26H,6-7H2,(H3,22,23)(H,24,27)(H,29,30);1-9H,10H2;1-3H,10H2,(H,11,12,13);1-4H,(H,9,10)/t24-,25-;18-,19-;15-,16-;;;/m111.../s1. The molecule has 0 aliphatic carbocycles. The fraction of sp³-hybridized carbons (Fsp3) is 0.168. The molecule has 41 nitrogen and oxygen atoms in total. The molecular formula is C101H87F3I2N12O29. The predicted octanol–water partition coefficient (Wildman–Crippen LogP) is 11.5. The second-order valence-electron chi connectivity index (χ2n) is 31.1. The number of halogens is 5. The zero-order valence-electron chi connectivity index (χ0n) is 77.0. The second-order valence-corrected chi connectivity index (χ2v) is 33.6. The average Bonchev–Trinajstić information content (AvgIpc) is 0.966. The number of carbonyl (C=O) groups is 13. The van der Waals surface area contributed by atoms with Crippen molar-refractivity contribution >= 4 is 162 Å². The molecule has 11 aromatic carbocycles. The van der Waals surface area contributed by atoms with Gasteiger partial charge in [0.2, 0.25) is 12.2 Å². The van der Waals surface area contributed by atoms with E-state index in [0.29, 0.717) is 34.8 Å². The van der Waals surface area contributed by atoms with Gasteiger partial charge in [-0.2, -0.15) is 0 Å². The molecule has 5 amide bonds. The zero-order chi connectivity index (χ0) is 106.